The third-order valence-corrected chi connectivity index (χ3v) is 2.77. The highest BCUT2D eigenvalue weighted by atomic mass is 16.4. The lowest BCUT2D eigenvalue weighted by atomic mass is 10.1. The number of ketones is 1. The molecule has 0 radical (unpaired) electrons. The third-order valence-electron chi connectivity index (χ3n) is 2.77. The molecular formula is C16H14O4. The summed E-state index contributed by atoms with van der Waals surface area (Å²) < 4.78 is 4.81. The maximum atomic E-state index is 11.9. The van der Waals surface area contributed by atoms with Gasteiger partial charge in [0.15, 0.2) is 5.78 Å². The number of rotatable bonds is 3. The van der Waals surface area contributed by atoms with Crippen molar-refractivity contribution in [3.05, 3.63) is 69.3 Å². The van der Waals surface area contributed by atoms with Gasteiger partial charge in [0.1, 0.15) is 17.1 Å². The maximum absolute atomic E-state index is 11.9. The van der Waals surface area contributed by atoms with Crippen LogP contribution in [0.4, 0.5) is 0 Å². The number of hydrogen-bond donors (Lipinski definition) is 1. The van der Waals surface area contributed by atoms with Crippen LogP contribution < -0.4 is 5.63 Å². The van der Waals surface area contributed by atoms with Crippen LogP contribution in [0, 0.1) is 13.8 Å². The van der Waals surface area contributed by atoms with Crippen molar-refractivity contribution < 1.29 is 14.3 Å². The molecule has 4 nitrogen and oxygen atoms in total. The molecule has 0 saturated heterocycles. The summed E-state index contributed by atoms with van der Waals surface area (Å²) in [4.78, 5) is 23.5. The van der Waals surface area contributed by atoms with Crippen LogP contribution in [0.1, 0.15) is 27.2 Å². The molecule has 0 aliphatic rings. The van der Waals surface area contributed by atoms with Crippen LogP contribution in [-0.2, 0) is 0 Å². The molecule has 0 atom stereocenters. The van der Waals surface area contributed by atoms with E-state index in [1.807, 2.05) is 31.2 Å². The fourth-order valence-electron chi connectivity index (χ4n) is 1.85. The van der Waals surface area contributed by atoms with E-state index in [1.165, 1.54) is 19.1 Å². The van der Waals surface area contributed by atoms with E-state index in [1.54, 1.807) is 6.08 Å². The lowest BCUT2D eigenvalue weighted by Crippen LogP contribution is -2.12. The van der Waals surface area contributed by atoms with Gasteiger partial charge in [-0.05, 0) is 25.5 Å². The number of aryl methyl sites for hydroxylation is 2. The molecule has 1 heterocycles. The van der Waals surface area contributed by atoms with Crippen molar-refractivity contribution in [2.24, 2.45) is 0 Å². The van der Waals surface area contributed by atoms with Crippen molar-refractivity contribution in [2.45, 2.75) is 13.8 Å². The van der Waals surface area contributed by atoms with Gasteiger partial charge in [-0.1, -0.05) is 35.9 Å². The SMILES string of the molecule is Cc1cccc(/C=C/C(=O)c2c(O)cc(C)oc2=O)c1. The molecule has 20 heavy (non-hydrogen) atoms. The molecule has 0 saturated carbocycles. The maximum Gasteiger partial charge on any atom is 0.351 e. The number of hydrogen-bond acceptors (Lipinski definition) is 4. The first-order chi connectivity index (χ1) is 9.47. The summed E-state index contributed by atoms with van der Waals surface area (Å²) in [7, 11) is 0. The first-order valence-corrected chi connectivity index (χ1v) is 6.10. The lowest BCUT2D eigenvalue weighted by Gasteiger charge is -2.00. The Morgan fingerprint density at radius 1 is 1.25 bits per heavy atom. The van der Waals surface area contributed by atoms with Gasteiger partial charge >= 0.3 is 5.63 Å². The van der Waals surface area contributed by atoms with Crippen molar-refractivity contribution >= 4 is 11.9 Å². The number of carbonyl (C=O) groups excluding carboxylic acids is 1. The summed E-state index contributed by atoms with van der Waals surface area (Å²) in [5.41, 5.74) is 0.729. The van der Waals surface area contributed by atoms with E-state index < -0.39 is 11.4 Å². The first-order valence-electron chi connectivity index (χ1n) is 6.10. The van der Waals surface area contributed by atoms with E-state index in [0.717, 1.165) is 11.1 Å². The summed E-state index contributed by atoms with van der Waals surface area (Å²) in [6.07, 6.45) is 2.84. The molecule has 2 aromatic rings. The van der Waals surface area contributed by atoms with Crippen LogP contribution in [0.15, 0.2) is 45.6 Å². The zero-order valence-electron chi connectivity index (χ0n) is 11.2. The summed E-state index contributed by atoms with van der Waals surface area (Å²) in [5, 5.41) is 9.67. The summed E-state index contributed by atoms with van der Waals surface area (Å²) in [6.45, 7) is 3.47. The van der Waals surface area contributed by atoms with Crippen LogP contribution in [0.3, 0.4) is 0 Å². The molecule has 1 aromatic carbocycles. The molecule has 102 valence electrons. The number of carbonyl (C=O) groups is 1. The number of allylic oxidation sites excluding steroid dienone is 1. The Bertz CT molecular complexity index is 738. The molecule has 0 aliphatic heterocycles. The van der Waals surface area contributed by atoms with Crippen molar-refractivity contribution in [3.63, 3.8) is 0 Å². The minimum absolute atomic E-state index is 0.256. The Hall–Kier alpha value is -2.62. The molecule has 0 bridgehead atoms. The lowest BCUT2D eigenvalue weighted by molar-refractivity contribution is 0.104. The fourth-order valence-corrected chi connectivity index (χ4v) is 1.85. The predicted molar refractivity (Wildman–Crippen MR) is 75.9 cm³/mol. The zero-order valence-corrected chi connectivity index (χ0v) is 11.2. The molecule has 0 amide bonds. The molecule has 0 fully saturated rings. The second kappa shape index (κ2) is 5.57. The molecule has 1 N–H and O–H groups in total. The van der Waals surface area contributed by atoms with Crippen molar-refractivity contribution in [3.8, 4) is 5.75 Å². The smallest absolute Gasteiger partial charge is 0.351 e. The average Bonchev–Trinajstić information content (AvgIpc) is 2.35. The van der Waals surface area contributed by atoms with Crippen LogP contribution in [0.2, 0.25) is 0 Å². The van der Waals surface area contributed by atoms with Crippen molar-refractivity contribution in [2.75, 3.05) is 0 Å². The minimum Gasteiger partial charge on any atom is -0.507 e. The fraction of sp³-hybridized carbons (Fsp3) is 0.125. The monoisotopic (exact) mass is 270 g/mol. The zero-order chi connectivity index (χ0) is 14.7. The van der Waals surface area contributed by atoms with E-state index in [4.69, 9.17) is 4.42 Å². The quantitative estimate of drug-likeness (QED) is 0.688. The molecular weight excluding hydrogens is 256 g/mol. The molecule has 0 aliphatic carbocycles. The van der Waals surface area contributed by atoms with Gasteiger partial charge in [-0.25, -0.2) is 4.79 Å². The van der Waals surface area contributed by atoms with E-state index in [-0.39, 0.29) is 17.1 Å². The van der Waals surface area contributed by atoms with Gasteiger partial charge in [0, 0.05) is 6.07 Å². The van der Waals surface area contributed by atoms with Gasteiger partial charge < -0.3 is 9.52 Å². The summed E-state index contributed by atoms with van der Waals surface area (Å²) in [6, 6.07) is 8.81. The van der Waals surface area contributed by atoms with Gasteiger partial charge in [-0.2, -0.15) is 0 Å². The van der Waals surface area contributed by atoms with E-state index in [9.17, 15) is 14.7 Å². The van der Waals surface area contributed by atoms with E-state index in [0.29, 0.717) is 0 Å². The Kier molecular flexibility index (Phi) is 3.84. The van der Waals surface area contributed by atoms with Gasteiger partial charge in [-0.3, -0.25) is 4.79 Å². The summed E-state index contributed by atoms with van der Waals surface area (Å²) >= 11 is 0. The highest BCUT2D eigenvalue weighted by Crippen LogP contribution is 2.16. The second-order valence-electron chi connectivity index (χ2n) is 4.52. The van der Waals surface area contributed by atoms with Gasteiger partial charge in [0.25, 0.3) is 0 Å². The standard InChI is InChI=1S/C16H14O4/c1-10-4-3-5-12(8-10)6-7-13(17)15-14(18)9-11(2)20-16(15)19/h3-9,18H,1-2H3/b7-6+. The molecule has 1 aromatic heterocycles. The number of aromatic hydroxyl groups is 1. The van der Waals surface area contributed by atoms with E-state index in [2.05, 4.69) is 0 Å². The molecule has 2 rings (SSSR count). The predicted octanol–water partition coefficient (Wildman–Crippen LogP) is 2.86. The third kappa shape index (κ3) is 3.03. The summed E-state index contributed by atoms with van der Waals surface area (Å²) in [5.74, 6) is -0.692. The Morgan fingerprint density at radius 2 is 2.00 bits per heavy atom. The van der Waals surface area contributed by atoms with Gasteiger partial charge in [-0.15, -0.1) is 0 Å². The Balaban J connectivity index is 2.32. The van der Waals surface area contributed by atoms with Gasteiger partial charge in [0.2, 0.25) is 0 Å². The highest BCUT2D eigenvalue weighted by molar-refractivity contribution is 6.08. The van der Waals surface area contributed by atoms with Crippen LogP contribution in [0.25, 0.3) is 6.08 Å². The molecule has 4 heteroatoms. The second-order valence-corrected chi connectivity index (χ2v) is 4.52. The first kappa shape index (κ1) is 13.8. The van der Waals surface area contributed by atoms with E-state index >= 15 is 0 Å². The molecule has 0 spiro atoms. The van der Waals surface area contributed by atoms with Gasteiger partial charge in [0.05, 0.1) is 0 Å². The largest absolute Gasteiger partial charge is 0.507 e. The van der Waals surface area contributed by atoms with Crippen molar-refractivity contribution in [1.29, 1.82) is 0 Å². The number of benzene rings is 1. The molecule has 0 unspecified atom stereocenters. The van der Waals surface area contributed by atoms with Crippen molar-refractivity contribution in [1.82, 2.24) is 0 Å². The minimum atomic E-state index is -0.832. The Labute approximate surface area is 116 Å². The van der Waals surface area contributed by atoms with Crippen LogP contribution in [-0.4, -0.2) is 10.9 Å². The topological polar surface area (TPSA) is 67.5 Å². The normalized spacial score (nSPS) is 10.9. The van der Waals surface area contributed by atoms with Crippen LogP contribution in [0.5, 0.6) is 5.75 Å². The van der Waals surface area contributed by atoms with Crippen LogP contribution >= 0.6 is 0 Å². The average molecular weight is 270 g/mol. The Morgan fingerprint density at radius 3 is 2.65 bits per heavy atom. The highest BCUT2D eigenvalue weighted by Gasteiger charge is 2.15.